The van der Waals surface area contributed by atoms with Crippen molar-refractivity contribution in [1.29, 1.82) is 0 Å². The summed E-state index contributed by atoms with van der Waals surface area (Å²) in [7, 11) is 0. The van der Waals surface area contributed by atoms with E-state index in [-0.39, 0.29) is 5.76 Å². The molecule has 0 atom stereocenters. The van der Waals surface area contributed by atoms with E-state index in [1.54, 1.807) is 24.8 Å². The average Bonchev–Trinajstić information content (AvgIpc) is 2.67. The van der Waals surface area contributed by atoms with Crippen molar-refractivity contribution in [1.82, 2.24) is 0 Å². The van der Waals surface area contributed by atoms with Gasteiger partial charge in [-0.1, -0.05) is 0 Å². The Hall–Kier alpha value is -1.62. The number of thioether (sulfide) groups is 1. The molecule has 4 nitrogen and oxygen atoms in total. The zero-order valence-corrected chi connectivity index (χ0v) is 10.5. The van der Waals surface area contributed by atoms with Gasteiger partial charge in [-0.3, -0.25) is 0 Å². The molecule has 17 heavy (non-hydrogen) atoms. The van der Waals surface area contributed by atoms with Gasteiger partial charge in [0.15, 0.2) is 0 Å². The molecule has 0 saturated carbocycles. The Morgan fingerprint density at radius 2 is 2.29 bits per heavy atom. The van der Waals surface area contributed by atoms with Gasteiger partial charge >= 0.3 is 5.97 Å². The lowest BCUT2D eigenvalue weighted by Crippen LogP contribution is -2.05. The first-order valence-corrected chi connectivity index (χ1v) is 6.43. The van der Waals surface area contributed by atoms with Gasteiger partial charge < -0.3 is 14.9 Å². The number of carbonyl (C=O) groups excluding carboxylic acids is 1. The summed E-state index contributed by atoms with van der Waals surface area (Å²) < 4.78 is 10.3. The second-order valence-corrected chi connectivity index (χ2v) is 4.31. The van der Waals surface area contributed by atoms with Crippen LogP contribution in [0.25, 0.3) is 11.0 Å². The Labute approximate surface area is 103 Å². The number of hydrogen-bond donors (Lipinski definition) is 1. The molecule has 5 heteroatoms. The van der Waals surface area contributed by atoms with Crippen molar-refractivity contribution in [2.24, 2.45) is 0 Å². The minimum absolute atomic E-state index is 0.0834. The Balaban J connectivity index is 2.53. The lowest BCUT2D eigenvalue weighted by atomic mass is 10.2. The highest BCUT2D eigenvalue weighted by molar-refractivity contribution is 7.98. The largest absolute Gasteiger partial charge is 0.460 e. The van der Waals surface area contributed by atoms with Crippen molar-refractivity contribution >= 4 is 34.4 Å². The molecular formula is C12H13NO3S. The van der Waals surface area contributed by atoms with Crippen molar-refractivity contribution in [3.8, 4) is 0 Å². The Bertz CT molecular complexity index is 562. The molecule has 0 aliphatic rings. The van der Waals surface area contributed by atoms with Crippen LogP contribution < -0.4 is 5.73 Å². The zero-order valence-electron chi connectivity index (χ0n) is 9.65. The fraction of sp³-hybridized carbons (Fsp3) is 0.250. The van der Waals surface area contributed by atoms with Crippen LogP contribution in [-0.4, -0.2) is 18.8 Å². The lowest BCUT2D eigenvalue weighted by Gasteiger charge is -1.98. The normalized spacial score (nSPS) is 10.7. The molecule has 0 fully saturated rings. The predicted molar refractivity (Wildman–Crippen MR) is 68.4 cm³/mol. The summed E-state index contributed by atoms with van der Waals surface area (Å²) in [6.45, 7) is 2.04. The Morgan fingerprint density at radius 3 is 2.94 bits per heavy atom. The molecule has 1 aromatic carbocycles. The van der Waals surface area contributed by atoms with Crippen LogP contribution in [0.1, 0.15) is 17.5 Å². The maximum absolute atomic E-state index is 11.6. The van der Waals surface area contributed by atoms with E-state index in [0.717, 1.165) is 10.3 Å². The number of carbonyl (C=O) groups is 1. The smallest absolute Gasteiger partial charge is 0.376 e. The van der Waals surface area contributed by atoms with E-state index < -0.39 is 5.97 Å². The number of fused-ring (bicyclic) bond motifs is 1. The van der Waals surface area contributed by atoms with E-state index >= 15 is 0 Å². The van der Waals surface area contributed by atoms with E-state index in [9.17, 15) is 4.79 Å². The predicted octanol–water partition coefficient (Wildman–Crippen LogP) is 2.91. The molecule has 2 aromatic rings. The van der Waals surface area contributed by atoms with Gasteiger partial charge in [0.05, 0.1) is 12.3 Å². The van der Waals surface area contributed by atoms with E-state index in [4.69, 9.17) is 14.9 Å². The molecule has 0 spiro atoms. The summed E-state index contributed by atoms with van der Waals surface area (Å²) in [5.41, 5.74) is 6.83. The first-order valence-electron chi connectivity index (χ1n) is 5.20. The lowest BCUT2D eigenvalue weighted by molar-refractivity contribution is 0.0494. The molecular weight excluding hydrogens is 238 g/mol. The quantitative estimate of drug-likeness (QED) is 0.671. The van der Waals surface area contributed by atoms with E-state index in [1.807, 2.05) is 18.4 Å². The third-order valence-electron chi connectivity index (χ3n) is 2.39. The minimum atomic E-state index is -0.521. The summed E-state index contributed by atoms with van der Waals surface area (Å²) in [4.78, 5) is 12.7. The van der Waals surface area contributed by atoms with E-state index in [1.165, 1.54) is 0 Å². The highest BCUT2D eigenvalue weighted by Gasteiger charge is 2.19. The first-order chi connectivity index (χ1) is 8.17. The molecule has 0 amide bonds. The highest BCUT2D eigenvalue weighted by atomic mass is 32.2. The molecule has 0 saturated heterocycles. The first kappa shape index (κ1) is 11.9. The van der Waals surface area contributed by atoms with Crippen molar-refractivity contribution in [3.05, 3.63) is 24.0 Å². The number of hydrogen-bond acceptors (Lipinski definition) is 5. The Kier molecular flexibility index (Phi) is 3.28. The van der Waals surface area contributed by atoms with Crippen LogP contribution in [0.15, 0.2) is 27.5 Å². The number of ether oxygens (including phenoxy) is 1. The molecule has 1 heterocycles. The summed E-state index contributed by atoms with van der Waals surface area (Å²) in [5.74, 6) is -0.438. The van der Waals surface area contributed by atoms with Gasteiger partial charge in [0, 0.05) is 10.3 Å². The molecule has 0 aliphatic heterocycles. The zero-order chi connectivity index (χ0) is 12.4. The monoisotopic (exact) mass is 251 g/mol. The number of furan rings is 1. The molecule has 2 rings (SSSR count). The number of anilines is 1. The van der Waals surface area contributed by atoms with Crippen LogP contribution >= 0.6 is 11.8 Å². The standard InChI is InChI=1S/C12H13NO3S/c1-3-15-12(14)11-10(13)8-6-7(17-2)4-5-9(8)16-11/h4-6H,3,13H2,1-2H3. The second-order valence-electron chi connectivity index (χ2n) is 3.43. The van der Waals surface area contributed by atoms with Crippen LogP contribution in [0.4, 0.5) is 5.69 Å². The highest BCUT2D eigenvalue weighted by Crippen LogP contribution is 2.31. The van der Waals surface area contributed by atoms with Crippen molar-refractivity contribution in [2.45, 2.75) is 11.8 Å². The third-order valence-corrected chi connectivity index (χ3v) is 3.12. The summed E-state index contributed by atoms with van der Waals surface area (Å²) in [6.07, 6.45) is 1.98. The number of esters is 1. The summed E-state index contributed by atoms with van der Waals surface area (Å²) in [5, 5.41) is 0.750. The van der Waals surface area contributed by atoms with Crippen molar-refractivity contribution in [3.63, 3.8) is 0 Å². The average molecular weight is 251 g/mol. The van der Waals surface area contributed by atoms with Gasteiger partial charge in [-0.25, -0.2) is 4.79 Å². The number of nitrogens with two attached hydrogens (primary N) is 1. The van der Waals surface area contributed by atoms with Crippen LogP contribution in [0.3, 0.4) is 0 Å². The van der Waals surface area contributed by atoms with Gasteiger partial charge in [0.1, 0.15) is 5.58 Å². The fourth-order valence-electron chi connectivity index (χ4n) is 1.57. The van der Waals surface area contributed by atoms with Crippen molar-refractivity contribution in [2.75, 3.05) is 18.6 Å². The van der Waals surface area contributed by atoms with E-state index in [2.05, 4.69) is 0 Å². The third kappa shape index (κ3) is 2.10. The Morgan fingerprint density at radius 1 is 1.53 bits per heavy atom. The molecule has 1 aromatic heterocycles. The van der Waals surface area contributed by atoms with Crippen LogP contribution in [0.2, 0.25) is 0 Å². The van der Waals surface area contributed by atoms with Gasteiger partial charge in [0.2, 0.25) is 5.76 Å². The molecule has 0 bridgehead atoms. The van der Waals surface area contributed by atoms with Crippen LogP contribution in [0, 0.1) is 0 Å². The van der Waals surface area contributed by atoms with Gasteiger partial charge in [-0.15, -0.1) is 11.8 Å². The second kappa shape index (κ2) is 4.71. The fourth-order valence-corrected chi connectivity index (χ4v) is 2.01. The van der Waals surface area contributed by atoms with Crippen LogP contribution in [0.5, 0.6) is 0 Å². The topological polar surface area (TPSA) is 65.5 Å². The molecule has 0 aliphatic carbocycles. The SMILES string of the molecule is CCOC(=O)c1oc2ccc(SC)cc2c1N. The molecule has 2 N–H and O–H groups in total. The molecule has 0 unspecified atom stereocenters. The van der Waals surface area contributed by atoms with E-state index in [0.29, 0.717) is 17.9 Å². The van der Waals surface area contributed by atoms with Gasteiger partial charge in [-0.05, 0) is 31.4 Å². The van der Waals surface area contributed by atoms with Gasteiger partial charge in [-0.2, -0.15) is 0 Å². The number of rotatable bonds is 3. The summed E-state index contributed by atoms with van der Waals surface area (Å²) in [6, 6.07) is 5.63. The molecule has 90 valence electrons. The van der Waals surface area contributed by atoms with Crippen molar-refractivity contribution < 1.29 is 13.9 Å². The minimum Gasteiger partial charge on any atom is -0.460 e. The number of nitrogen functional groups attached to an aromatic ring is 1. The molecule has 0 radical (unpaired) electrons. The maximum atomic E-state index is 11.6. The maximum Gasteiger partial charge on any atom is 0.376 e. The van der Waals surface area contributed by atoms with Gasteiger partial charge in [0.25, 0.3) is 0 Å². The summed E-state index contributed by atoms with van der Waals surface area (Å²) >= 11 is 1.61. The van der Waals surface area contributed by atoms with Crippen LogP contribution in [-0.2, 0) is 4.74 Å². The number of benzene rings is 1.